The lowest BCUT2D eigenvalue weighted by Gasteiger charge is -2.03. The second kappa shape index (κ2) is 5.81. The van der Waals surface area contributed by atoms with Crippen LogP contribution in [0.2, 0.25) is 0 Å². The molecule has 0 unspecified atom stereocenters. The summed E-state index contributed by atoms with van der Waals surface area (Å²) in [5.74, 6) is -1.11. The molecule has 0 spiro atoms. The van der Waals surface area contributed by atoms with Crippen LogP contribution >= 0.6 is 0 Å². The zero-order chi connectivity index (χ0) is 16.4. The van der Waals surface area contributed by atoms with Gasteiger partial charge in [-0.3, -0.25) is 4.79 Å². The third-order valence-corrected chi connectivity index (χ3v) is 3.38. The minimum absolute atomic E-state index is 0.00585. The van der Waals surface area contributed by atoms with E-state index in [-0.39, 0.29) is 16.7 Å². The molecule has 0 aliphatic rings. The molecule has 0 bridgehead atoms. The summed E-state index contributed by atoms with van der Waals surface area (Å²) in [4.78, 5) is 24.2. The summed E-state index contributed by atoms with van der Waals surface area (Å²) in [6.45, 7) is 0. The van der Waals surface area contributed by atoms with Crippen LogP contribution in [-0.4, -0.2) is 16.0 Å². The largest absolute Gasteiger partial charge is 0.507 e. The molecule has 0 fully saturated rings. The molecule has 0 aliphatic carbocycles. The highest BCUT2D eigenvalue weighted by Crippen LogP contribution is 2.26. The second-order valence-electron chi connectivity index (χ2n) is 4.87. The highest BCUT2D eigenvalue weighted by Gasteiger charge is 2.18. The Bertz CT molecular complexity index is 982. The van der Waals surface area contributed by atoms with Crippen molar-refractivity contribution in [1.82, 2.24) is 0 Å². The number of rotatable bonds is 3. The van der Waals surface area contributed by atoms with Gasteiger partial charge in [0.25, 0.3) is 0 Å². The van der Waals surface area contributed by atoms with Crippen LogP contribution in [0.1, 0.15) is 15.9 Å². The lowest BCUT2D eigenvalue weighted by Crippen LogP contribution is -2.12. The van der Waals surface area contributed by atoms with Gasteiger partial charge < -0.3 is 14.6 Å². The zero-order valence-corrected chi connectivity index (χ0v) is 11.9. The van der Waals surface area contributed by atoms with Crippen LogP contribution in [-0.2, 0) is 0 Å². The molecule has 1 aromatic heterocycles. The molecule has 3 rings (SSSR count). The lowest BCUT2D eigenvalue weighted by molar-refractivity contribution is 0.104. The predicted octanol–water partition coefficient (Wildman–Crippen LogP) is 3.10. The summed E-state index contributed by atoms with van der Waals surface area (Å²) in [5, 5.41) is 20.1. The number of ketones is 1. The molecule has 0 saturated carbocycles. The molecular formula is C18H12O5. The van der Waals surface area contributed by atoms with Gasteiger partial charge in [-0.2, -0.15) is 0 Å². The normalized spacial score (nSPS) is 11.1. The molecule has 2 aromatic carbocycles. The number of benzene rings is 2. The van der Waals surface area contributed by atoms with Gasteiger partial charge in [-0.15, -0.1) is 0 Å². The third kappa shape index (κ3) is 2.72. The van der Waals surface area contributed by atoms with Crippen molar-refractivity contribution in [2.45, 2.75) is 0 Å². The molecular weight excluding hydrogens is 296 g/mol. The Morgan fingerprint density at radius 2 is 1.70 bits per heavy atom. The predicted molar refractivity (Wildman–Crippen MR) is 85.6 cm³/mol. The smallest absolute Gasteiger partial charge is 0.351 e. The fourth-order valence-electron chi connectivity index (χ4n) is 2.23. The molecule has 5 heteroatoms. The Kier molecular flexibility index (Phi) is 3.68. The molecule has 23 heavy (non-hydrogen) atoms. The van der Waals surface area contributed by atoms with Gasteiger partial charge >= 0.3 is 5.63 Å². The van der Waals surface area contributed by atoms with Crippen molar-refractivity contribution in [3.05, 3.63) is 76.2 Å². The number of phenolic OH excluding ortho intramolecular Hbond substituents is 1. The number of carbonyl (C=O) groups is 1. The average molecular weight is 308 g/mol. The molecule has 0 aliphatic heterocycles. The first-order valence-corrected chi connectivity index (χ1v) is 6.83. The summed E-state index contributed by atoms with van der Waals surface area (Å²) in [6.07, 6.45) is 2.47. The number of allylic oxidation sites excluding steroid dienone is 1. The van der Waals surface area contributed by atoms with Crippen molar-refractivity contribution < 1.29 is 19.4 Å². The number of carbonyl (C=O) groups excluding carboxylic acids is 1. The first kappa shape index (κ1) is 14.6. The van der Waals surface area contributed by atoms with Gasteiger partial charge in [-0.25, -0.2) is 4.79 Å². The molecule has 2 N–H and O–H groups in total. The van der Waals surface area contributed by atoms with Gasteiger partial charge in [0.05, 0.1) is 5.39 Å². The van der Waals surface area contributed by atoms with Crippen molar-refractivity contribution >= 4 is 22.8 Å². The minimum Gasteiger partial charge on any atom is -0.507 e. The highest BCUT2D eigenvalue weighted by molar-refractivity contribution is 6.10. The topological polar surface area (TPSA) is 87.7 Å². The molecule has 0 atom stereocenters. The quantitative estimate of drug-likeness (QED) is 0.441. The van der Waals surface area contributed by atoms with Gasteiger partial charge in [0.1, 0.15) is 22.6 Å². The van der Waals surface area contributed by atoms with Crippen molar-refractivity contribution in [2.24, 2.45) is 0 Å². The number of hydrogen-bond acceptors (Lipinski definition) is 5. The molecule has 1 heterocycles. The Hall–Kier alpha value is -3.34. The molecule has 0 saturated heterocycles. The summed E-state index contributed by atoms with van der Waals surface area (Å²) in [5.41, 5.74) is -0.717. The van der Waals surface area contributed by atoms with E-state index in [0.717, 1.165) is 6.08 Å². The summed E-state index contributed by atoms with van der Waals surface area (Å²) < 4.78 is 5.05. The van der Waals surface area contributed by atoms with E-state index in [1.165, 1.54) is 18.2 Å². The van der Waals surface area contributed by atoms with E-state index in [4.69, 9.17) is 4.42 Å². The fourth-order valence-corrected chi connectivity index (χ4v) is 2.23. The van der Waals surface area contributed by atoms with Crippen molar-refractivity contribution in [3.8, 4) is 11.5 Å². The fraction of sp³-hybridized carbons (Fsp3) is 0. The minimum atomic E-state index is -0.909. The summed E-state index contributed by atoms with van der Waals surface area (Å²) in [7, 11) is 0. The highest BCUT2D eigenvalue weighted by atomic mass is 16.4. The number of phenols is 1. The SMILES string of the molecule is O=C(C=Cc1ccccc1O)c1c(O)c2ccccc2oc1=O. The van der Waals surface area contributed by atoms with Crippen LogP contribution in [0.25, 0.3) is 17.0 Å². The van der Waals surface area contributed by atoms with Gasteiger partial charge in [-0.05, 0) is 30.4 Å². The number of para-hydroxylation sites is 2. The van der Waals surface area contributed by atoms with Gasteiger partial charge in [0, 0.05) is 5.56 Å². The van der Waals surface area contributed by atoms with Crippen molar-refractivity contribution in [3.63, 3.8) is 0 Å². The summed E-state index contributed by atoms with van der Waals surface area (Å²) >= 11 is 0. The third-order valence-electron chi connectivity index (χ3n) is 3.38. The average Bonchev–Trinajstić information content (AvgIpc) is 2.54. The van der Waals surface area contributed by atoms with Gasteiger partial charge in [0.15, 0.2) is 5.78 Å². The molecule has 0 amide bonds. The molecule has 114 valence electrons. The van der Waals surface area contributed by atoms with E-state index >= 15 is 0 Å². The maximum Gasteiger partial charge on any atom is 0.351 e. The Balaban J connectivity index is 2.05. The molecule has 0 radical (unpaired) electrons. The summed E-state index contributed by atoms with van der Waals surface area (Å²) in [6, 6.07) is 12.8. The zero-order valence-electron chi connectivity index (χ0n) is 11.9. The Labute approximate surface area is 130 Å². The van der Waals surface area contributed by atoms with Crippen molar-refractivity contribution in [1.29, 1.82) is 0 Å². The number of fused-ring (bicyclic) bond motifs is 1. The lowest BCUT2D eigenvalue weighted by atomic mass is 10.1. The van der Waals surface area contributed by atoms with Crippen LogP contribution in [0.15, 0.2) is 63.8 Å². The van der Waals surface area contributed by atoms with Gasteiger partial charge in [-0.1, -0.05) is 30.3 Å². The van der Waals surface area contributed by atoms with E-state index in [0.29, 0.717) is 5.56 Å². The Morgan fingerprint density at radius 3 is 2.48 bits per heavy atom. The maximum atomic E-state index is 12.2. The van der Waals surface area contributed by atoms with Crippen LogP contribution in [0, 0.1) is 0 Å². The Morgan fingerprint density at radius 1 is 1.00 bits per heavy atom. The second-order valence-corrected chi connectivity index (χ2v) is 4.87. The standard InChI is InChI=1S/C18H12O5/c19-13-7-3-1-5-11(13)9-10-14(20)16-17(21)12-6-2-4-8-15(12)23-18(16)22/h1-10,19,21H. The monoisotopic (exact) mass is 308 g/mol. The number of aromatic hydroxyl groups is 2. The number of hydrogen-bond donors (Lipinski definition) is 2. The molecule has 3 aromatic rings. The first-order chi connectivity index (χ1) is 11.1. The van der Waals surface area contributed by atoms with Crippen molar-refractivity contribution in [2.75, 3.05) is 0 Å². The van der Waals surface area contributed by atoms with Crippen LogP contribution in [0.4, 0.5) is 0 Å². The van der Waals surface area contributed by atoms with E-state index in [9.17, 15) is 19.8 Å². The molecule has 5 nitrogen and oxygen atoms in total. The van der Waals surface area contributed by atoms with E-state index in [1.54, 1.807) is 36.4 Å². The van der Waals surface area contributed by atoms with E-state index < -0.39 is 22.7 Å². The van der Waals surface area contributed by atoms with Crippen LogP contribution in [0.5, 0.6) is 11.5 Å². The van der Waals surface area contributed by atoms with E-state index in [2.05, 4.69) is 0 Å². The van der Waals surface area contributed by atoms with Gasteiger partial charge in [0.2, 0.25) is 0 Å². The van der Waals surface area contributed by atoms with Crippen LogP contribution < -0.4 is 5.63 Å². The van der Waals surface area contributed by atoms with Crippen LogP contribution in [0.3, 0.4) is 0 Å². The van der Waals surface area contributed by atoms with E-state index in [1.807, 2.05) is 0 Å². The first-order valence-electron chi connectivity index (χ1n) is 6.83. The maximum absolute atomic E-state index is 12.2.